The van der Waals surface area contributed by atoms with Gasteiger partial charge in [0.25, 0.3) is 0 Å². The highest BCUT2D eigenvalue weighted by atomic mass is 15.3. The zero-order valence-electron chi connectivity index (χ0n) is 11.7. The number of nitrogens with two attached hydrogens (primary N) is 1. The molecule has 1 saturated heterocycles. The van der Waals surface area contributed by atoms with Crippen LogP contribution in [-0.2, 0) is 0 Å². The Morgan fingerprint density at radius 1 is 1.00 bits per heavy atom. The van der Waals surface area contributed by atoms with Gasteiger partial charge in [-0.2, -0.15) is 0 Å². The van der Waals surface area contributed by atoms with Crippen LogP contribution in [0.1, 0.15) is 25.7 Å². The van der Waals surface area contributed by atoms with Gasteiger partial charge in [-0.3, -0.25) is 4.90 Å². The molecule has 0 bridgehead atoms. The molecule has 1 heterocycles. The fraction of sp³-hybridized carbons (Fsp3) is 0.625. The van der Waals surface area contributed by atoms with Crippen LogP contribution in [0.5, 0.6) is 0 Å². The van der Waals surface area contributed by atoms with Gasteiger partial charge in [-0.25, -0.2) is 0 Å². The van der Waals surface area contributed by atoms with Gasteiger partial charge in [0.2, 0.25) is 0 Å². The lowest BCUT2D eigenvalue weighted by Crippen LogP contribution is -2.51. The van der Waals surface area contributed by atoms with E-state index in [2.05, 4.69) is 40.1 Å². The second kappa shape index (κ2) is 5.51. The Morgan fingerprint density at radius 3 is 2.26 bits per heavy atom. The number of anilines is 1. The minimum absolute atomic E-state index is 0.177. The normalized spacial score (nSPS) is 23.1. The molecule has 2 fully saturated rings. The van der Waals surface area contributed by atoms with E-state index in [0.29, 0.717) is 0 Å². The summed E-state index contributed by atoms with van der Waals surface area (Å²) in [6.45, 7) is 5.80. The van der Waals surface area contributed by atoms with E-state index < -0.39 is 0 Å². The van der Waals surface area contributed by atoms with Crippen molar-refractivity contribution < 1.29 is 0 Å². The number of para-hydroxylation sites is 1. The summed E-state index contributed by atoms with van der Waals surface area (Å²) in [7, 11) is 0. The van der Waals surface area contributed by atoms with Crippen molar-refractivity contribution >= 4 is 5.69 Å². The van der Waals surface area contributed by atoms with Crippen molar-refractivity contribution in [2.45, 2.75) is 31.2 Å². The number of rotatable bonds is 4. The largest absolute Gasteiger partial charge is 0.369 e. The highest BCUT2D eigenvalue weighted by molar-refractivity contribution is 5.46. The Labute approximate surface area is 116 Å². The summed E-state index contributed by atoms with van der Waals surface area (Å²) < 4.78 is 0. The average molecular weight is 259 g/mol. The maximum atomic E-state index is 6.30. The summed E-state index contributed by atoms with van der Waals surface area (Å²) in [5, 5.41) is 0. The van der Waals surface area contributed by atoms with E-state index in [9.17, 15) is 0 Å². The third kappa shape index (κ3) is 3.10. The van der Waals surface area contributed by atoms with Gasteiger partial charge in [0.15, 0.2) is 0 Å². The minimum atomic E-state index is 0.177. The van der Waals surface area contributed by atoms with Crippen LogP contribution in [0.3, 0.4) is 0 Å². The van der Waals surface area contributed by atoms with Gasteiger partial charge in [0, 0.05) is 44.0 Å². The second-order valence-corrected chi connectivity index (χ2v) is 6.13. The molecule has 1 aromatic rings. The van der Waals surface area contributed by atoms with Crippen molar-refractivity contribution in [3.63, 3.8) is 0 Å². The first-order valence-electron chi connectivity index (χ1n) is 7.56. The van der Waals surface area contributed by atoms with E-state index in [1.54, 1.807) is 0 Å². The van der Waals surface area contributed by atoms with Crippen LogP contribution in [0.4, 0.5) is 5.69 Å². The monoisotopic (exact) mass is 259 g/mol. The van der Waals surface area contributed by atoms with Crippen LogP contribution in [-0.4, -0.2) is 43.2 Å². The van der Waals surface area contributed by atoms with E-state index in [1.807, 2.05) is 0 Å². The number of benzene rings is 1. The van der Waals surface area contributed by atoms with Crippen LogP contribution < -0.4 is 10.6 Å². The van der Waals surface area contributed by atoms with Gasteiger partial charge in [-0.1, -0.05) is 18.2 Å². The lowest BCUT2D eigenvalue weighted by atomic mass is 9.75. The van der Waals surface area contributed by atoms with Gasteiger partial charge >= 0.3 is 0 Å². The van der Waals surface area contributed by atoms with Crippen LogP contribution in [0, 0.1) is 0 Å². The number of piperazine rings is 1. The summed E-state index contributed by atoms with van der Waals surface area (Å²) >= 11 is 0. The molecule has 0 atom stereocenters. The Hall–Kier alpha value is -1.06. The summed E-state index contributed by atoms with van der Waals surface area (Å²) in [6.07, 6.45) is 4.98. The molecule has 3 heteroatoms. The topological polar surface area (TPSA) is 32.5 Å². The molecule has 1 saturated carbocycles. The van der Waals surface area contributed by atoms with Crippen molar-refractivity contribution in [3.05, 3.63) is 30.3 Å². The van der Waals surface area contributed by atoms with E-state index in [1.165, 1.54) is 51.0 Å². The zero-order valence-corrected chi connectivity index (χ0v) is 11.7. The third-order valence-corrected chi connectivity index (χ3v) is 4.77. The highest BCUT2D eigenvalue weighted by Gasteiger charge is 2.32. The van der Waals surface area contributed by atoms with Crippen molar-refractivity contribution in [1.29, 1.82) is 0 Å². The summed E-state index contributed by atoms with van der Waals surface area (Å²) in [5.74, 6) is 0. The van der Waals surface area contributed by atoms with Crippen molar-refractivity contribution in [3.8, 4) is 0 Å². The molecule has 3 rings (SSSR count). The molecular formula is C16H25N3. The first kappa shape index (κ1) is 12.9. The first-order valence-corrected chi connectivity index (χ1v) is 7.56. The fourth-order valence-corrected chi connectivity index (χ4v) is 3.13. The molecule has 104 valence electrons. The molecule has 0 radical (unpaired) electrons. The third-order valence-electron chi connectivity index (χ3n) is 4.77. The smallest absolute Gasteiger partial charge is 0.0367 e. The van der Waals surface area contributed by atoms with Crippen LogP contribution >= 0.6 is 0 Å². The quantitative estimate of drug-likeness (QED) is 0.898. The molecule has 3 nitrogen and oxygen atoms in total. The van der Waals surface area contributed by atoms with Crippen LogP contribution in [0.2, 0.25) is 0 Å². The van der Waals surface area contributed by atoms with Crippen molar-refractivity contribution in [2.75, 3.05) is 37.6 Å². The SMILES string of the molecule is NC1(CCN2CCN(c3ccccc3)CC2)CCC1. The summed E-state index contributed by atoms with van der Waals surface area (Å²) in [5.41, 5.74) is 7.84. The van der Waals surface area contributed by atoms with E-state index in [0.717, 1.165) is 13.1 Å². The second-order valence-electron chi connectivity index (χ2n) is 6.13. The Morgan fingerprint density at radius 2 is 1.68 bits per heavy atom. The van der Waals surface area contributed by atoms with E-state index in [-0.39, 0.29) is 5.54 Å². The van der Waals surface area contributed by atoms with Gasteiger partial charge in [-0.05, 0) is 37.8 Å². The molecule has 1 aliphatic heterocycles. The molecular weight excluding hydrogens is 234 g/mol. The standard InChI is InChI=1S/C16H25N3/c17-16(7-4-8-16)9-10-18-11-13-19(14-12-18)15-5-2-1-3-6-15/h1-3,5-6H,4,7-14,17H2. The van der Waals surface area contributed by atoms with E-state index in [4.69, 9.17) is 5.73 Å². The van der Waals surface area contributed by atoms with Gasteiger partial charge < -0.3 is 10.6 Å². The predicted octanol–water partition coefficient (Wildman–Crippen LogP) is 2.08. The van der Waals surface area contributed by atoms with Crippen molar-refractivity contribution in [2.24, 2.45) is 5.73 Å². The average Bonchev–Trinajstić information content (AvgIpc) is 2.45. The molecule has 2 aliphatic rings. The number of hydrogen-bond donors (Lipinski definition) is 1. The maximum absolute atomic E-state index is 6.30. The first-order chi connectivity index (χ1) is 9.25. The molecule has 0 aromatic heterocycles. The fourth-order valence-electron chi connectivity index (χ4n) is 3.13. The van der Waals surface area contributed by atoms with E-state index >= 15 is 0 Å². The predicted molar refractivity (Wildman–Crippen MR) is 80.5 cm³/mol. The summed E-state index contributed by atoms with van der Waals surface area (Å²) in [4.78, 5) is 5.06. The van der Waals surface area contributed by atoms with Gasteiger partial charge in [0.05, 0.1) is 0 Å². The van der Waals surface area contributed by atoms with Crippen LogP contribution in [0.15, 0.2) is 30.3 Å². The maximum Gasteiger partial charge on any atom is 0.0367 e. The summed E-state index contributed by atoms with van der Waals surface area (Å²) in [6, 6.07) is 10.7. The van der Waals surface area contributed by atoms with Crippen molar-refractivity contribution in [1.82, 2.24) is 4.90 Å². The Bertz CT molecular complexity index is 392. The number of hydrogen-bond acceptors (Lipinski definition) is 3. The lowest BCUT2D eigenvalue weighted by molar-refractivity contribution is 0.176. The molecule has 1 aliphatic carbocycles. The zero-order chi connectivity index (χ0) is 13.1. The molecule has 0 amide bonds. The van der Waals surface area contributed by atoms with Gasteiger partial charge in [0.1, 0.15) is 0 Å². The Kier molecular flexibility index (Phi) is 3.76. The van der Waals surface area contributed by atoms with Gasteiger partial charge in [-0.15, -0.1) is 0 Å². The number of nitrogens with zero attached hydrogens (tertiary/aromatic N) is 2. The minimum Gasteiger partial charge on any atom is -0.369 e. The van der Waals surface area contributed by atoms with Crippen LogP contribution in [0.25, 0.3) is 0 Å². The molecule has 0 spiro atoms. The lowest BCUT2D eigenvalue weighted by Gasteiger charge is -2.41. The molecule has 19 heavy (non-hydrogen) atoms. The highest BCUT2D eigenvalue weighted by Crippen LogP contribution is 2.32. The Balaban J connectivity index is 1.44. The molecule has 0 unspecified atom stereocenters. The molecule has 2 N–H and O–H groups in total. The molecule has 1 aromatic carbocycles.